The van der Waals surface area contributed by atoms with Crippen molar-refractivity contribution in [3.8, 4) is 23.0 Å². The SMILES string of the molecule is C[C@H](N)c1oc(-c2ccc(OC(F)F)c(OCC3CC3)c2)nc1C(=O)N1CCN2C(=O)NC(=O)C2C1. The highest BCUT2D eigenvalue weighted by Crippen LogP contribution is 2.37. The van der Waals surface area contributed by atoms with E-state index in [-0.39, 0.29) is 48.5 Å². The number of carbonyl (C=O) groups is 3. The summed E-state index contributed by atoms with van der Waals surface area (Å²) in [7, 11) is 0. The molecule has 0 bridgehead atoms. The van der Waals surface area contributed by atoms with Gasteiger partial charge in [-0.05, 0) is 43.9 Å². The molecule has 1 saturated carbocycles. The molecule has 5 rings (SSSR count). The molecule has 1 aromatic heterocycles. The van der Waals surface area contributed by atoms with Gasteiger partial charge in [-0.3, -0.25) is 14.9 Å². The highest BCUT2D eigenvalue weighted by atomic mass is 19.3. The van der Waals surface area contributed by atoms with Crippen LogP contribution in [0.5, 0.6) is 11.5 Å². The maximum atomic E-state index is 13.4. The van der Waals surface area contributed by atoms with Gasteiger partial charge in [0.15, 0.2) is 23.0 Å². The number of nitrogens with zero attached hydrogens (tertiary/aromatic N) is 3. The minimum atomic E-state index is -3.02. The molecule has 3 fully saturated rings. The quantitative estimate of drug-likeness (QED) is 0.520. The topological polar surface area (TPSA) is 140 Å². The van der Waals surface area contributed by atoms with Crippen LogP contribution in [-0.2, 0) is 4.79 Å². The van der Waals surface area contributed by atoms with E-state index in [1.165, 1.54) is 28.0 Å². The fraction of sp³-hybridized carbons (Fsp3) is 0.478. The van der Waals surface area contributed by atoms with E-state index in [9.17, 15) is 23.2 Å². The lowest BCUT2D eigenvalue weighted by molar-refractivity contribution is -0.122. The Bertz CT molecular complexity index is 1200. The lowest BCUT2D eigenvalue weighted by Gasteiger charge is -2.35. The Labute approximate surface area is 204 Å². The van der Waals surface area contributed by atoms with Crippen molar-refractivity contribution < 1.29 is 37.1 Å². The van der Waals surface area contributed by atoms with Crippen molar-refractivity contribution in [1.29, 1.82) is 0 Å². The first-order valence-corrected chi connectivity index (χ1v) is 11.6. The van der Waals surface area contributed by atoms with Crippen LogP contribution in [0.25, 0.3) is 11.5 Å². The lowest BCUT2D eigenvalue weighted by atomic mass is 10.1. The summed E-state index contributed by atoms with van der Waals surface area (Å²) in [5.74, 6) is -0.396. The molecule has 3 N–H and O–H groups in total. The normalized spacial score (nSPS) is 20.4. The summed E-state index contributed by atoms with van der Waals surface area (Å²) >= 11 is 0. The predicted octanol–water partition coefficient (Wildman–Crippen LogP) is 2.13. The Morgan fingerprint density at radius 1 is 1.28 bits per heavy atom. The number of imide groups is 1. The number of ether oxygens (including phenoxy) is 2. The van der Waals surface area contributed by atoms with Crippen molar-refractivity contribution in [1.82, 2.24) is 20.1 Å². The Morgan fingerprint density at radius 3 is 2.75 bits per heavy atom. The fourth-order valence-corrected chi connectivity index (χ4v) is 4.20. The summed E-state index contributed by atoms with van der Waals surface area (Å²) in [5.41, 5.74) is 6.41. The Morgan fingerprint density at radius 2 is 2.06 bits per heavy atom. The van der Waals surface area contributed by atoms with Crippen molar-refractivity contribution in [2.45, 2.75) is 38.5 Å². The zero-order valence-electron chi connectivity index (χ0n) is 19.4. The molecule has 3 aliphatic rings. The van der Waals surface area contributed by atoms with E-state index < -0.39 is 36.5 Å². The number of hydrogen-bond acceptors (Lipinski definition) is 8. The second-order valence-electron chi connectivity index (χ2n) is 9.07. The minimum absolute atomic E-state index is 0.00973. The van der Waals surface area contributed by atoms with Gasteiger partial charge >= 0.3 is 12.6 Å². The van der Waals surface area contributed by atoms with E-state index in [2.05, 4.69) is 15.0 Å². The summed E-state index contributed by atoms with van der Waals surface area (Å²) in [4.78, 5) is 44.5. The molecule has 192 valence electrons. The minimum Gasteiger partial charge on any atom is -0.489 e. The van der Waals surface area contributed by atoms with E-state index in [4.69, 9.17) is 14.9 Å². The van der Waals surface area contributed by atoms with Crippen LogP contribution in [0, 0.1) is 5.92 Å². The van der Waals surface area contributed by atoms with Crippen LogP contribution in [0.1, 0.15) is 42.1 Å². The second kappa shape index (κ2) is 9.37. The van der Waals surface area contributed by atoms with Crippen molar-refractivity contribution >= 4 is 17.8 Å². The van der Waals surface area contributed by atoms with Gasteiger partial charge in [-0.1, -0.05) is 0 Å². The highest BCUT2D eigenvalue weighted by molar-refractivity contribution is 6.05. The number of piperazine rings is 1. The van der Waals surface area contributed by atoms with Crippen molar-refractivity contribution in [2.24, 2.45) is 11.7 Å². The molecule has 36 heavy (non-hydrogen) atoms. The van der Waals surface area contributed by atoms with Crippen LogP contribution in [0.2, 0.25) is 0 Å². The molecule has 2 aromatic rings. The third-order valence-electron chi connectivity index (χ3n) is 6.31. The average molecular weight is 505 g/mol. The van der Waals surface area contributed by atoms with E-state index in [1.54, 1.807) is 6.92 Å². The van der Waals surface area contributed by atoms with E-state index >= 15 is 0 Å². The van der Waals surface area contributed by atoms with Gasteiger partial charge in [0, 0.05) is 18.7 Å². The summed E-state index contributed by atoms with van der Waals surface area (Å²) < 4.78 is 41.9. The molecule has 2 saturated heterocycles. The Kier molecular flexibility index (Phi) is 6.24. The van der Waals surface area contributed by atoms with Crippen LogP contribution >= 0.6 is 0 Å². The molecule has 2 atom stereocenters. The smallest absolute Gasteiger partial charge is 0.387 e. The van der Waals surface area contributed by atoms with Gasteiger partial charge in [0.05, 0.1) is 19.2 Å². The monoisotopic (exact) mass is 505 g/mol. The number of fused-ring (bicyclic) bond motifs is 1. The van der Waals surface area contributed by atoms with E-state index in [1.807, 2.05) is 0 Å². The number of rotatable bonds is 8. The summed E-state index contributed by atoms with van der Waals surface area (Å²) in [5, 5.41) is 2.24. The van der Waals surface area contributed by atoms with Gasteiger partial charge in [0.25, 0.3) is 11.8 Å². The number of urea groups is 1. The van der Waals surface area contributed by atoms with Crippen LogP contribution < -0.4 is 20.5 Å². The maximum absolute atomic E-state index is 13.4. The number of nitrogens with two attached hydrogens (primary N) is 1. The van der Waals surface area contributed by atoms with Crippen molar-refractivity contribution in [3.05, 3.63) is 29.7 Å². The van der Waals surface area contributed by atoms with Gasteiger partial charge < -0.3 is 29.4 Å². The van der Waals surface area contributed by atoms with Crippen molar-refractivity contribution in [2.75, 3.05) is 26.2 Å². The van der Waals surface area contributed by atoms with Crippen molar-refractivity contribution in [3.63, 3.8) is 0 Å². The summed E-state index contributed by atoms with van der Waals surface area (Å²) in [6.07, 6.45) is 2.03. The molecule has 13 heteroatoms. The number of nitrogens with one attached hydrogen (secondary N) is 1. The van der Waals surface area contributed by atoms with Crippen LogP contribution in [0.4, 0.5) is 13.6 Å². The van der Waals surface area contributed by atoms with E-state index in [0.29, 0.717) is 18.1 Å². The summed E-state index contributed by atoms with van der Waals surface area (Å²) in [6, 6.07) is 2.34. The molecule has 2 aliphatic heterocycles. The molecule has 1 unspecified atom stereocenters. The molecule has 11 nitrogen and oxygen atoms in total. The number of carbonyl (C=O) groups excluding carboxylic acids is 3. The number of amides is 4. The van der Waals surface area contributed by atoms with Gasteiger partial charge in [-0.25, -0.2) is 9.78 Å². The number of halogens is 2. The fourth-order valence-electron chi connectivity index (χ4n) is 4.20. The molecular formula is C23H25F2N5O6. The van der Waals surface area contributed by atoms with Gasteiger partial charge in [-0.2, -0.15) is 8.78 Å². The van der Waals surface area contributed by atoms with Gasteiger partial charge in [0.1, 0.15) is 6.04 Å². The number of hydrogen-bond donors (Lipinski definition) is 2. The highest BCUT2D eigenvalue weighted by Gasteiger charge is 2.44. The third kappa shape index (κ3) is 4.70. The third-order valence-corrected chi connectivity index (χ3v) is 6.31. The first-order valence-electron chi connectivity index (χ1n) is 11.6. The zero-order valence-corrected chi connectivity index (χ0v) is 19.4. The molecule has 0 spiro atoms. The van der Waals surface area contributed by atoms with Crippen LogP contribution in [0.3, 0.4) is 0 Å². The number of benzene rings is 1. The largest absolute Gasteiger partial charge is 0.489 e. The lowest BCUT2D eigenvalue weighted by Crippen LogP contribution is -2.54. The zero-order chi connectivity index (χ0) is 25.6. The first-order chi connectivity index (χ1) is 17.2. The standard InChI is InChI=1S/C23H25F2N5O6/c1-11(26)18-17(21(32)29-6-7-30-14(9-29)19(31)28-23(30)33)27-20(36-18)13-4-5-15(35-22(24)25)16(8-13)34-10-12-2-3-12/h4-5,8,11-12,14,22H,2-3,6-7,9-10,26H2,1H3,(H,28,31,33)/t11-,14?/m0/s1. The van der Waals surface area contributed by atoms with Crippen LogP contribution in [0.15, 0.2) is 22.6 Å². The summed E-state index contributed by atoms with van der Waals surface area (Å²) in [6.45, 7) is -0.615. The predicted molar refractivity (Wildman–Crippen MR) is 119 cm³/mol. The molecule has 0 radical (unpaired) electrons. The Hall–Kier alpha value is -3.74. The first kappa shape index (κ1) is 24.0. The Balaban J connectivity index is 1.42. The molecular weight excluding hydrogens is 480 g/mol. The maximum Gasteiger partial charge on any atom is 0.387 e. The molecule has 3 heterocycles. The van der Waals surface area contributed by atoms with Crippen LogP contribution in [-0.4, -0.2) is 71.5 Å². The molecule has 1 aromatic carbocycles. The molecule has 1 aliphatic carbocycles. The van der Waals surface area contributed by atoms with Gasteiger partial charge in [-0.15, -0.1) is 0 Å². The van der Waals surface area contributed by atoms with E-state index in [0.717, 1.165) is 12.8 Å². The second-order valence-corrected chi connectivity index (χ2v) is 9.07. The van der Waals surface area contributed by atoms with Gasteiger partial charge in [0.2, 0.25) is 5.89 Å². The average Bonchev–Trinajstić information content (AvgIpc) is 3.49. The number of aromatic nitrogens is 1. The molecule has 4 amide bonds. The number of oxazole rings is 1. The number of alkyl halides is 2.